The van der Waals surface area contributed by atoms with Crippen LogP contribution in [0.4, 0.5) is 0 Å². The topological polar surface area (TPSA) is 25.3 Å². The van der Waals surface area contributed by atoms with Crippen molar-refractivity contribution in [3.63, 3.8) is 0 Å². The molecule has 0 unspecified atom stereocenters. The second-order valence-corrected chi connectivity index (χ2v) is 34.4. The van der Waals surface area contributed by atoms with E-state index < -0.39 is 16.1 Å². The molecule has 0 saturated carbocycles. The lowest BCUT2D eigenvalue weighted by Crippen LogP contribution is -2.21. The molecule has 0 atom stereocenters. The molecule has 0 spiro atoms. The summed E-state index contributed by atoms with van der Waals surface area (Å²) in [6, 6.07) is 13.0. The van der Waals surface area contributed by atoms with Crippen LogP contribution in [0.2, 0.25) is 51.4 Å². The zero-order valence-corrected chi connectivity index (χ0v) is 47.5. The van der Waals surface area contributed by atoms with Gasteiger partial charge in [-0.3, -0.25) is 0 Å². The van der Waals surface area contributed by atoms with Crippen molar-refractivity contribution < 1.29 is 4.70 Å². The van der Waals surface area contributed by atoms with Crippen LogP contribution in [0, 0.1) is 0 Å². The highest BCUT2D eigenvalue weighted by Gasteiger charge is 2.36. The van der Waals surface area contributed by atoms with Crippen molar-refractivity contribution in [1.29, 1.82) is 0 Å². The lowest BCUT2D eigenvalue weighted by Gasteiger charge is -2.22. The van der Waals surface area contributed by atoms with Crippen molar-refractivity contribution in [3.05, 3.63) is 85.5 Å². The number of allylic oxidation sites excluding steroid dienone is 2. The fourth-order valence-electron chi connectivity index (χ4n) is 10.3. The molecule has 0 radical (unpaired) electrons. The smallest absolute Gasteiger partial charge is 0.211 e. The molecule has 0 fully saturated rings. The van der Waals surface area contributed by atoms with Gasteiger partial charge in [-0.15, -0.1) is 0 Å². The summed E-state index contributed by atoms with van der Waals surface area (Å²) < 4.78 is 1.76. The maximum atomic E-state index is 13.2. The predicted octanol–water partition coefficient (Wildman–Crippen LogP) is 20.7. The molecule has 0 saturated heterocycles. The van der Waals surface area contributed by atoms with Crippen molar-refractivity contribution >= 4 is 27.5 Å². The first-order valence-corrected chi connectivity index (χ1v) is 35.9. The van der Waals surface area contributed by atoms with Gasteiger partial charge in [-0.05, 0) is 148 Å². The molecule has 368 valence electrons. The minimum absolute atomic E-state index is 1.03. The molecule has 1 aliphatic rings. The van der Waals surface area contributed by atoms with Crippen molar-refractivity contribution in [2.24, 2.45) is 0 Å². The van der Waals surface area contributed by atoms with Crippen LogP contribution in [0.1, 0.15) is 247 Å². The molecule has 1 heterocycles. The zero-order valence-electron chi connectivity index (χ0n) is 45.5. The monoisotopic (exact) mass is 923 g/mol. The maximum Gasteiger partial charge on any atom is 0.211 e. The zero-order chi connectivity index (χ0) is 47.7. The Labute approximate surface area is 407 Å². The number of rotatable bonds is 37. The van der Waals surface area contributed by atoms with Gasteiger partial charge in [0, 0.05) is 38.4 Å². The average molecular weight is 924 g/mol. The van der Waals surface area contributed by atoms with E-state index in [2.05, 4.69) is 105 Å². The third-order valence-electron chi connectivity index (χ3n) is 14.5. The van der Waals surface area contributed by atoms with Gasteiger partial charge in [-0.1, -0.05) is 202 Å². The van der Waals surface area contributed by atoms with Crippen LogP contribution in [0.5, 0.6) is 0 Å². The molecule has 0 bridgehead atoms. The second-order valence-electron chi connectivity index (χ2n) is 23.1. The van der Waals surface area contributed by atoms with E-state index in [-0.39, 0.29) is 0 Å². The molecule has 4 heteroatoms. The summed E-state index contributed by atoms with van der Waals surface area (Å²) in [7, 11) is -2.45. The van der Waals surface area contributed by atoms with E-state index in [0.29, 0.717) is 0 Å². The van der Waals surface area contributed by atoms with Crippen molar-refractivity contribution in [3.8, 4) is 0 Å². The van der Waals surface area contributed by atoms with Gasteiger partial charge in [0.2, 0.25) is 11.4 Å². The molecular weight excluding hydrogens is 817 g/mol. The van der Waals surface area contributed by atoms with Crippen molar-refractivity contribution in [1.82, 2.24) is 0 Å². The average Bonchev–Trinajstić information content (AvgIpc) is 3.54. The predicted molar refractivity (Wildman–Crippen MR) is 298 cm³/mol. The second kappa shape index (κ2) is 31.2. The van der Waals surface area contributed by atoms with Gasteiger partial charge in [0.25, 0.3) is 0 Å². The van der Waals surface area contributed by atoms with E-state index in [0.717, 1.165) is 62.8 Å². The molecule has 0 N–H and O–H groups in total. The number of aryl methyl sites for hydroxylation is 4. The summed E-state index contributed by atoms with van der Waals surface area (Å²) >= 11 is 0. The van der Waals surface area contributed by atoms with E-state index in [1.807, 2.05) is 0 Å². The van der Waals surface area contributed by atoms with Crippen molar-refractivity contribution in [2.75, 3.05) is 0 Å². The molecule has 3 rings (SSSR count). The van der Waals surface area contributed by atoms with E-state index in [4.69, 9.17) is 0 Å². The van der Waals surface area contributed by atoms with E-state index >= 15 is 0 Å². The lowest BCUT2D eigenvalue weighted by atomic mass is 9.86. The number of hydrogen-bond acceptors (Lipinski definition) is 0. The molecule has 0 aliphatic carbocycles. The first-order valence-electron chi connectivity index (χ1n) is 28.5. The van der Waals surface area contributed by atoms with Crippen LogP contribution in [-0.4, -0.2) is 20.8 Å². The Hall–Kier alpha value is -2.05. The molecule has 65 heavy (non-hydrogen) atoms. The van der Waals surface area contributed by atoms with E-state index in [1.54, 1.807) is 38.1 Å². The summed E-state index contributed by atoms with van der Waals surface area (Å²) in [5.74, 6) is 0. The maximum absolute atomic E-state index is 13.2. The SMILES string of the molecule is CCCCCCCCCCCCCCCC1=C(c2cc(CCCC)c(CC[Si](C)(C)C)c(CCCC)c2)[N+](=[N-])C(c2cc(CCCC)c(CC[Si](C)(C)C)c(CCCC)c2)=C1CCCC. The minimum Gasteiger partial charge on any atom is -0.493 e. The quantitative estimate of drug-likeness (QED) is 0.0367. The summed E-state index contributed by atoms with van der Waals surface area (Å²) in [6.45, 7) is 29.3. The van der Waals surface area contributed by atoms with Gasteiger partial charge < -0.3 is 5.53 Å². The minimum atomic E-state index is -1.23. The first-order chi connectivity index (χ1) is 31.2. The van der Waals surface area contributed by atoms with E-state index in [1.165, 1.54) is 182 Å². The molecule has 0 amide bonds. The first kappa shape index (κ1) is 57.3. The molecule has 0 aromatic heterocycles. The van der Waals surface area contributed by atoms with Gasteiger partial charge in [0.1, 0.15) is 0 Å². The fourth-order valence-corrected chi connectivity index (χ4v) is 12.3. The summed E-state index contributed by atoms with van der Waals surface area (Å²) in [5.41, 5.74) is 30.4. The Morgan fingerprint density at radius 3 is 0.892 bits per heavy atom. The van der Waals surface area contributed by atoms with Gasteiger partial charge in [-0.25, -0.2) is 4.70 Å². The number of unbranched alkanes of at least 4 members (excludes halogenated alkanes) is 17. The van der Waals surface area contributed by atoms with Crippen LogP contribution in [0.25, 0.3) is 16.9 Å². The molecular formula is C61H106N2Si2. The van der Waals surface area contributed by atoms with Gasteiger partial charge in [-0.2, -0.15) is 0 Å². The normalized spacial score (nSPS) is 13.6. The molecule has 1 aliphatic heterocycles. The van der Waals surface area contributed by atoms with Crippen LogP contribution >= 0.6 is 0 Å². The summed E-state index contributed by atoms with van der Waals surface area (Å²) in [6.07, 6.45) is 39.0. The van der Waals surface area contributed by atoms with Crippen LogP contribution in [-0.2, 0) is 38.5 Å². The number of nitrogens with zero attached hydrogens (tertiary/aromatic N) is 2. The lowest BCUT2D eigenvalue weighted by molar-refractivity contribution is -0.345. The number of hydrogen-bond donors (Lipinski definition) is 0. The van der Waals surface area contributed by atoms with E-state index in [9.17, 15) is 5.53 Å². The summed E-state index contributed by atoms with van der Waals surface area (Å²) in [4.78, 5) is 0. The molecule has 2 aromatic rings. The standard InChI is InChI=1S/C61H106N2Si2/c1-13-19-25-26-27-28-29-30-31-32-33-34-35-41-59-58(40-24-18-6)60(54-46-50(36-20-14-2)56(42-44-64(7,8)9)51(47-54)37-21-15-3)63(62)61(59)55-48-52(38-22-16-4)57(43-45-65(10,11)12)53(49-55)39-23-17-5/h46-49H,13-45H2,1-12H3. The highest BCUT2D eigenvalue weighted by atomic mass is 28.3. The Morgan fingerprint density at radius 2 is 0.600 bits per heavy atom. The fraction of sp³-hybridized carbons (Fsp3) is 0.738. The van der Waals surface area contributed by atoms with Gasteiger partial charge in [0.05, 0.1) is 0 Å². The summed E-state index contributed by atoms with van der Waals surface area (Å²) in [5, 5.41) is 0. The number of benzene rings is 2. The van der Waals surface area contributed by atoms with Gasteiger partial charge in [0.15, 0.2) is 0 Å². The van der Waals surface area contributed by atoms with Crippen molar-refractivity contribution in [2.45, 2.75) is 292 Å². The Bertz CT molecular complexity index is 1690. The molecule has 2 aromatic carbocycles. The molecule has 2 nitrogen and oxygen atoms in total. The Balaban J connectivity index is 2.20. The van der Waals surface area contributed by atoms with Crippen LogP contribution in [0.3, 0.4) is 0 Å². The van der Waals surface area contributed by atoms with Crippen LogP contribution < -0.4 is 0 Å². The third-order valence-corrected chi connectivity index (χ3v) is 18.0. The Kier molecular flexibility index (Phi) is 27.5. The largest absolute Gasteiger partial charge is 0.493 e. The van der Waals surface area contributed by atoms with Crippen LogP contribution in [0.15, 0.2) is 35.4 Å². The highest BCUT2D eigenvalue weighted by Crippen LogP contribution is 2.46. The Morgan fingerprint density at radius 1 is 0.338 bits per heavy atom. The van der Waals surface area contributed by atoms with Gasteiger partial charge >= 0.3 is 0 Å². The highest BCUT2D eigenvalue weighted by molar-refractivity contribution is 6.76. The third kappa shape index (κ3) is 20.2.